The number of benzene rings is 4. The Morgan fingerprint density at radius 1 is 0.778 bits per heavy atom. The second-order valence-corrected chi connectivity index (χ2v) is 19.6. The molecule has 1 aliphatic heterocycles. The molecule has 0 saturated carbocycles. The Hall–Kier alpha value is -1.56. The minimum atomic E-state index is -1.79. The number of nitrogens with zero attached hydrogens (tertiary/aromatic N) is 2. The zero-order valence-corrected chi connectivity index (χ0v) is 32.7. The molecule has 4 aromatic carbocycles. The van der Waals surface area contributed by atoms with Crippen LogP contribution in [0.25, 0.3) is 0 Å². The van der Waals surface area contributed by atoms with Gasteiger partial charge in [0.1, 0.15) is 0 Å². The van der Waals surface area contributed by atoms with Crippen LogP contribution in [0.5, 0.6) is 0 Å². The summed E-state index contributed by atoms with van der Waals surface area (Å²) >= 11 is 0.598. The second-order valence-electron chi connectivity index (χ2n) is 12.7. The second kappa shape index (κ2) is 16.5. The molecule has 0 amide bonds. The number of hydrogen-bond donors (Lipinski definition) is 0. The zero-order chi connectivity index (χ0) is 32.6. The standard InChI is InChI=1S/C23H30N.C16H16IN.2ClH.Ru/c1-6-18-12-11-13-19(7-2)21(18)24-17-23(5,16-22(24,3)4)20-14-9-8-10-15-20;1-13-7-3-4-8-14(13)11-18(2)12-15-9-5-6-10-16(15)17;;;/h8-15,17H,6-7,16H2,1-5H3;1,3-10H,11-12H2,2H3;2*1H;/q-1;;;;+2/p-2. The molecule has 1 unspecified atom stereocenters. The van der Waals surface area contributed by atoms with Crippen molar-refractivity contribution in [3.8, 4) is 0 Å². The molecule has 45 heavy (non-hydrogen) atoms. The Kier molecular flexibility index (Phi) is 13.3. The summed E-state index contributed by atoms with van der Waals surface area (Å²) in [5.41, 5.74) is 9.73. The van der Waals surface area contributed by atoms with E-state index in [0.29, 0.717) is 0 Å². The summed E-state index contributed by atoms with van der Waals surface area (Å²) in [5.74, 6) is 0. The molecule has 5 rings (SSSR count). The van der Waals surface area contributed by atoms with E-state index in [4.69, 9.17) is 19.4 Å². The first-order valence-electron chi connectivity index (χ1n) is 15.6. The molecule has 0 bridgehead atoms. The van der Waals surface area contributed by atoms with E-state index in [-0.39, 0.29) is 11.0 Å². The van der Waals surface area contributed by atoms with Crippen LogP contribution in [0.1, 0.15) is 74.4 Å². The number of rotatable bonds is 9. The molecule has 2 nitrogen and oxygen atoms in total. The van der Waals surface area contributed by atoms with Crippen LogP contribution >= 0.6 is 42.0 Å². The molecule has 0 aliphatic carbocycles. The third kappa shape index (κ3) is 9.51. The Balaban J connectivity index is 0.000000207. The SMILES string of the molecule is CCc1cccc(CC)c1N1[CH-]C(C)(c2ccccc2)CC1(C)C.CN(Cc1ccccc1I)Cc1ccccc1[CH]=[Ru]([Cl])[Cl]. The summed E-state index contributed by atoms with van der Waals surface area (Å²) in [7, 11) is 14.2. The summed E-state index contributed by atoms with van der Waals surface area (Å²) < 4.78 is 3.32. The molecular formula is C39H46Cl2IN2Ru-. The average Bonchev–Trinajstić information content (AvgIpc) is 3.28. The van der Waals surface area contributed by atoms with E-state index in [2.05, 4.69) is 172 Å². The minimum absolute atomic E-state index is 0.0800. The fraction of sp³-hybridized carbons (Fsp3) is 0.333. The van der Waals surface area contributed by atoms with Crippen molar-refractivity contribution in [3.63, 3.8) is 0 Å². The molecule has 0 aromatic heterocycles. The van der Waals surface area contributed by atoms with Gasteiger partial charge in [-0.1, -0.05) is 74.9 Å². The Bertz CT molecular complexity index is 1560. The normalized spacial score (nSPS) is 17.6. The summed E-state index contributed by atoms with van der Waals surface area (Å²) in [4.78, 5) is 4.88. The maximum absolute atomic E-state index is 6.01. The van der Waals surface area contributed by atoms with Gasteiger partial charge >= 0.3 is 154 Å². The third-order valence-electron chi connectivity index (χ3n) is 8.59. The summed E-state index contributed by atoms with van der Waals surface area (Å²) in [6, 6.07) is 34.5. The zero-order valence-electron chi connectivity index (χ0n) is 27.3. The first-order chi connectivity index (χ1) is 21.5. The Labute approximate surface area is 298 Å². The predicted molar refractivity (Wildman–Crippen MR) is 202 cm³/mol. The van der Waals surface area contributed by atoms with Crippen LogP contribution in [0.3, 0.4) is 0 Å². The fourth-order valence-corrected chi connectivity index (χ4v) is 8.94. The van der Waals surface area contributed by atoms with E-state index in [1.807, 2.05) is 10.7 Å². The van der Waals surface area contributed by atoms with E-state index >= 15 is 0 Å². The first kappa shape index (κ1) is 36.3. The monoisotopic (exact) mass is 841 g/mol. The van der Waals surface area contributed by atoms with Crippen molar-refractivity contribution in [2.24, 2.45) is 0 Å². The van der Waals surface area contributed by atoms with Crippen molar-refractivity contribution in [1.82, 2.24) is 4.90 Å². The van der Waals surface area contributed by atoms with Crippen LogP contribution in [0.2, 0.25) is 0 Å². The van der Waals surface area contributed by atoms with Gasteiger partial charge in [-0.05, 0) is 44.2 Å². The Morgan fingerprint density at radius 2 is 1.31 bits per heavy atom. The van der Waals surface area contributed by atoms with Crippen LogP contribution in [0.4, 0.5) is 5.69 Å². The van der Waals surface area contributed by atoms with Crippen LogP contribution in [0, 0.1) is 10.1 Å². The van der Waals surface area contributed by atoms with Crippen LogP contribution in [0.15, 0.2) is 97.1 Å². The molecule has 1 heterocycles. The fourth-order valence-electron chi connectivity index (χ4n) is 6.50. The summed E-state index contributed by atoms with van der Waals surface area (Å²) in [6.45, 7) is 16.0. The van der Waals surface area contributed by atoms with Gasteiger partial charge in [-0.25, -0.2) is 6.54 Å². The van der Waals surface area contributed by atoms with Crippen molar-refractivity contribution < 1.29 is 13.5 Å². The molecule has 242 valence electrons. The van der Waals surface area contributed by atoms with Gasteiger partial charge in [0.05, 0.1) is 0 Å². The third-order valence-corrected chi connectivity index (χ3v) is 11.5. The van der Waals surface area contributed by atoms with Gasteiger partial charge in [0.15, 0.2) is 0 Å². The predicted octanol–water partition coefficient (Wildman–Crippen LogP) is 10.9. The molecule has 6 heteroatoms. The van der Waals surface area contributed by atoms with Crippen LogP contribution in [-0.2, 0) is 44.9 Å². The van der Waals surface area contributed by atoms with Crippen LogP contribution in [-0.4, -0.2) is 22.1 Å². The molecule has 0 spiro atoms. The molecule has 1 atom stereocenters. The van der Waals surface area contributed by atoms with Crippen molar-refractivity contribution in [3.05, 3.63) is 141 Å². The van der Waals surface area contributed by atoms with E-state index in [9.17, 15) is 0 Å². The van der Waals surface area contributed by atoms with Gasteiger partial charge in [0.25, 0.3) is 0 Å². The number of aryl methyl sites for hydroxylation is 2. The van der Waals surface area contributed by atoms with Crippen molar-refractivity contribution in [1.29, 1.82) is 0 Å². The van der Waals surface area contributed by atoms with Gasteiger partial charge in [-0.3, -0.25) is 0 Å². The number of anilines is 1. The van der Waals surface area contributed by atoms with Gasteiger partial charge < -0.3 is 4.90 Å². The van der Waals surface area contributed by atoms with Gasteiger partial charge in [-0.15, -0.1) is 5.41 Å². The molecular weight excluding hydrogens is 795 g/mol. The quantitative estimate of drug-likeness (QED) is 0.0941. The molecule has 0 N–H and O–H groups in total. The van der Waals surface area contributed by atoms with Gasteiger partial charge in [0, 0.05) is 11.2 Å². The van der Waals surface area contributed by atoms with E-state index in [1.54, 1.807) is 0 Å². The average molecular weight is 842 g/mol. The van der Waals surface area contributed by atoms with E-state index in [0.717, 1.165) is 37.9 Å². The van der Waals surface area contributed by atoms with E-state index in [1.165, 1.54) is 37.1 Å². The molecule has 4 aromatic rings. The number of hydrogen-bond acceptors (Lipinski definition) is 2. The van der Waals surface area contributed by atoms with Crippen molar-refractivity contribution in [2.45, 2.75) is 77.9 Å². The van der Waals surface area contributed by atoms with Crippen molar-refractivity contribution >= 4 is 52.3 Å². The summed E-state index contributed by atoms with van der Waals surface area (Å²) in [5, 5.41) is 0. The maximum atomic E-state index is 6.01. The molecule has 0 radical (unpaired) electrons. The number of halogens is 3. The molecule has 1 fully saturated rings. The van der Waals surface area contributed by atoms with E-state index < -0.39 is 13.5 Å². The first-order valence-corrected chi connectivity index (χ1v) is 22.2. The molecule has 1 aliphatic rings. The summed E-state index contributed by atoms with van der Waals surface area (Å²) in [6.07, 6.45) is 3.28. The van der Waals surface area contributed by atoms with Crippen molar-refractivity contribution in [2.75, 3.05) is 11.9 Å². The topological polar surface area (TPSA) is 6.48 Å². The van der Waals surface area contributed by atoms with Gasteiger partial charge in [-0.2, -0.15) is 0 Å². The Morgan fingerprint density at radius 3 is 1.91 bits per heavy atom. The molecule has 1 saturated heterocycles. The van der Waals surface area contributed by atoms with Gasteiger partial charge in [0.2, 0.25) is 0 Å². The van der Waals surface area contributed by atoms with Crippen LogP contribution < -0.4 is 4.90 Å². The number of para-hydroxylation sites is 1.